The zero-order chi connectivity index (χ0) is 32.9. The highest BCUT2D eigenvalue weighted by molar-refractivity contribution is 5.99. The summed E-state index contributed by atoms with van der Waals surface area (Å²) in [5.74, 6) is -0.749. The van der Waals surface area contributed by atoms with E-state index >= 15 is 4.39 Å². The third-order valence-corrected chi connectivity index (χ3v) is 9.91. The monoisotopic (exact) mass is 652 g/mol. The van der Waals surface area contributed by atoms with Gasteiger partial charge in [0.2, 0.25) is 0 Å². The van der Waals surface area contributed by atoms with E-state index in [4.69, 9.17) is 9.97 Å². The Kier molecular flexibility index (Phi) is 7.90. The van der Waals surface area contributed by atoms with Crippen molar-refractivity contribution in [2.24, 2.45) is 0 Å². The van der Waals surface area contributed by atoms with Crippen LogP contribution in [0.1, 0.15) is 89.5 Å². The lowest BCUT2D eigenvalue weighted by atomic mass is 10.0. The first-order chi connectivity index (χ1) is 23.4. The largest absolute Gasteiger partial charge is 0.345 e. The summed E-state index contributed by atoms with van der Waals surface area (Å²) < 4.78 is 34.4. The van der Waals surface area contributed by atoms with Crippen molar-refractivity contribution >= 4 is 33.9 Å². The number of benzene rings is 1. The van der Waals surface area contributed by atoms with Crippen LogP contribution < -0.4 is 16.0 Å². The first kappa shape index (κ1) is 30.6. The van der Waals surface area contributed by atoms with Crippen molar-refractivity contribution in [3.8, 4) is 11.5 Å². The molecule has 3 N–H and O–H groups in total. The van der Waals surface area contributed by atoms with E-state index in [1.165, 1.54) is 12.1 Å². The van der Waals surface area contributed by atoms with Crippen molar-refractivity contribution in [2.75, 3.05) is 13.1 Å². The Balaban J connectivity index is 1.19. The van der Waals surface area contributed by atoms with Crippen LogP contribution in [0.5, 0.6) is 0 Å². The maximum atomic E-state index is 15.6. The molecule has 1 aliphatic carbocycles. The van der Waals surface area contributed by atoms with Gasteiger partial charge in [-0.2, -0.15) is 0 Å². The van der Waals surface area contributed by atoms with Gasteiger partial charge in [-0.15, -0.1) is 0 Å². The fourth-order valence-corrected chi connectivity index (χ4v) is 7.14. The van der Waals surface area contributed by atoms with Crippen LogP contribution in [0.3, 0.4) is 0 Å². The number of pyridine rings is 2. The number of hydrogen-bond acceptors (Lipinski definition) is 6. The summed E-state index contributed by atoms with van der Waals surface area (Å²) in [6.07, 6.45) is 7.92. The predicted octanol–water partition coefficient (Wildman–Crippen LogP) is 5.57. The third-order valence-electron chi connectivity index (χ3n) is 9.91. The lowest BCUT2D eigenvalue weighted by Crippen LogP contribution is -2.52. The number of rotatable bonds is 4. The molecule has 2 fully saturated rings. The summed E-state index contributed by atoms with van der Waals surface area (Å²) in [6.45, 7) is 3.48. The van der Waals surface area contributed by atoms with Gasteiger partial charge in [-0.25, -0.2) is 18.7 Å². The molecule has 2 bridgehead atoms. The summed E-state index contributed by atoms with van der Waals surface area (Å²) in [7, 11) is 0. The van der Waals surface area contributed by atoms with Crippen molar-refractivity contribution in [2.45, 2.75) is 82.7 Å². The minimum absolute atomic E-state index is 0.145. The van der Waals surface area contributed by atoms with Gasteiger partial charge >= 0.3 is 0 Å². The molecule has 1 aromatic carbocycles. The van der Waals surface area contributed by atoms with Gasteiger partial charge in [0, 0.05) is 48.5 Å². The first-order valence-electron chi connectivity index (χ1n) is 17.0. The van der Waals surface area contributed by atoms with E-state index < -0.39 is 23.9 Å². The number of carbonyl (C=O) groups is 2. The molecule has 0 unspecified atom stereocenters. The second kappa shape index (κ2) is 12.4. The topological polar surface area (TPSA) is 119 Å². The number of carbonyl (C=O) groups excluding carboxylic acids is 2. The van der Waals surface area contributed by atoms with Crippen molar-refractivity contribution in [3.63, 3.8) is 0 Å². The molecule has 0 spiro atoms. The molecular formula is C36H38F2N8O2. The molecule has 0 radical (unpaired) electrons. The molecule has 10 nitrogen and oxygen atoms in total. The summed E-state index contributed by atoms with van der Waals surface area (Å²) in [5, 5.41) is 9.83. The summed E-state index contributed by atoms with van der Waals surface area (Å²) in [6, 6.07) is 9.82. The van der Waals surface area contributed by atoms with Crippen molar-refractivity contribution in [1.82, 2.24) is 40.0 Å². The molecule has 4 aromatic heterocycles. The van der Waals surface area contributed by atoms with E-state index in [1.807, 2.05) is 19.1 Å². The second-order valence-corrected chi connectivity index (χ2v) is 13.3. The summed E-state index contributed by atoms with van der Waals surface area (Å²) in [5.41, 5.74) is 4.99. The van der Waals surface area contributed by atoms with Gasteiger partial charge in [-0.1, -0.05) is 6.42 Å². The molecule has 1 saturated heterocycles. The number of aryl methyl sites for hydroxylation is 2. The molecule has 1 saturated carbocycles. The number of imidazole rings is 1. The standard InChI is InChI=1S/C36H38F2N8O2/c1-20-28-9-6-21-15-32(45(33(21)42-28)14-4-2-3-5-22-18-39-12-10-24(22)35(47)41-20)34-43-29-16-25(27(38)17-31(29)46(34)23-7-8-23)36(48)44-30-19-40-13-11-26(30)37/h6,9-10,12,15-18,20,23,26,30,40H,2-5,7-8,11,13-14,19H2,1H3,(H,41,47)(H,44,48)/t20-,26+,30+/m1/s1. The van der Waals surface area contributed by atoms with Crippen LogP contribution in [0.25, 0.3) is 33.6 Å². The van der Waals surface area contributed by atoms with Gasteiger partial charge in [-0.3, -0.25) is 14.6 Å². The molecule has 2 aliphatic heterocycles. The molecule has 48 heavy (non-hydrogen) atoms. The van der Waals surface area contributed by atoms with E-state index in [0.717, 1.165) is 66.5 Å². The first-order valence-corrected chi connectivity index (χ1v) is 17.0. The van der Waals surface area contributed by atoms with E-state index in [9.17, 15) is 14.0 Å². The van der Waals surface area contributed by atoms with Gasteiger partial charge < -0.3 is 25.1 Å². The summed E-state index contributed by atoms with van der Waals surface area (Å²) >= 11 is 0. The second-order valence-electron chi connectivity index (χ2n) is 13.3. The molecule has 3 atom stereocenters. The highest BCUT2D eigenvalue weighted by atomic mass is 19.1. The van der Waals surface area contributed by atoms with E-state index in [0.29, 0.717) is 48.5 Å². The van der Waals surface area contributed by atoms with Crippen LogP contribution in [0.2, 0.25) is 0 Å². The van der Waals surface area contributed by atoms with E-state index in [-0.39, 0.29) is 23.6 Å². The number of alkyl halides is 1. The van der Waals surface area contributed by atoms with Crippen LogP contribution in [0, 0.1) is 5.82 Å². The molecule has 12 heteroatoms. The van der Waals surface area contributed by atoms with Gasteiger partial charge in [-0.05, 0) is 87.9 Å². The maximum absolute atomic E-state index is 15.6. The highest BCUT2D eigenvalue weighted by Crippen LogP contribution is 2.43. The van der Waals surface area contributed by atoms with E-state index in [1.54, 1.807) is 18.5 Å². The lowest BCUT2D eigenvalue weighted by molar-refractivity contribution is 0.0887. The quantitative estimate of drug-likeness (QED) is 0.234. The normalized spacial score (nSPS) is 22.0. The molecule has 2 amide bonds. The Bertz CT molecular complexity index is 2050. The molecule has 6 heterocycles. The van der Waals surface area contributed by atoms with Crippen molar-refractivity contribution < 1.29 is 18.4 Å². The van der Waals surface area contributed by atoms with Crippen LogP contribution in [0.4, 0.5) is 8.78 Å². The zero-order valence-electron chi connectivity index (χ0n) is 26.8. The Labute approximate surface area is 276 Å². The summed E-state index contributed by atoms with van der Waals surface area (Å²) in [4.78, 5) is 40.8. The SMILES string of the molecule is C[C@H]1NC(=O)c2ccncc2CCCCCn2c(-c3nc4cc(C(=O)N[C@H]5CNCC[C@@H]5F)c(F)cc4n3C3CC3)cc3ccc1nc32. The molecule has 5 aromatic rings. The minimum Gasteiger partial charge on any atom is -0.345 e. The number of nitrogens with zero attached hydrogens (tertiary/aromatic N) is 5. The zero-order valence-corrected chi connectivity index (χ0v) is 26.8. The van der Waals surface area contributed by atoms with Crippen LogP contribution in [-0.2, 0) is 13.0 Å². The molecule has 248 valence electrons. The molecular weight excluding hydrogens is 614 g/mol. The van der Waals surface area contributed by atoms with Crippen molar-refractivity contribution in [1.29, 1.82) is 0 Å². The average Bonchev–Trinajstić information content (AvgIpc) is 3.76. The number of halogens is 2. The molecule has 3 aliphatic rings. The van der Waals surface area contributed by atoms with Gasteiger partial charge in [0.15, 0.2) is 5.82 Å². The van der Waals surface area contributed by atoms with Gasteiger partial charge in [0.1, 0.15) is 17.6 Å². The average molecular weight is 653 g/mol. The Morgan fingerprint density at radius 1 is 1.06 bits per heavy atom. The van der Waals surface area contributed by atoms with Crippen LogP contribution in [-0.4, -0.2) is 61.2 Å². The maximum Gasteiger partial charge on any atom is 0.254 e. The van der Waals surface area contributed by atoms with Gasteiger partial charge in [0.25, 0.3) is 11.8 Å². The van der Waals surface area contributed by atoms with Crippen molar-refractivity contribution in [3.05, 3.63) is 77.0 Å². The number of hydrogen-bond donors (Lipinski definition) is 3. The van der Waals surface area contributed by atoms with Crippen LogP contribution in [0.15, 0.2) is 48.8 Å². The van der Waals surface area contributed by atoms with E-state index in [2.05, 4.69) is 36.1 Å². The Morgan fingerprint density at radius 3 is 2.77 bits per heavy atom. The minimum atomic E-state index is -1.19. The van der Waals surface area contributed by atoms with Gasteiger partial charge in [0.05, 0.1) is 40.1 Å². The Morgan fingerprint density at radius 2 is 1.94 bits per heavy atom. The fraction of sp³-hybridized carbons (Fsp3) is 0.417. The van der Waals surface area contributed by atoms with Crippen LogP contribution >= 0.6 is 0 Å². The number of piperidine rings is 1. The third kappa shape index (κ3) is 5.61. The number of aromatic nitrogens is 5. The predicted molar refractivity (Wildman–Crippen MR) is 178 cm³/mol. The Hall–Kier alpha value is -4.71. The molecule has 8 rings (SSSR count). The number of amides is 2. The fourth-order valence-electron chi connectivity index (χ4n) is 7.14. The highest BCUT2D eigenvalue weighted by Gasteiger charge is 2.32. The number of fused-ring (bicyclic) bond motifs is 3. The smallest absolute Gasteiger partial charge is 0.254 e. The number of nitrogens with one attached hydrogen (secondary N) is 3. The lowest BCUT2D eigenvalue weighted by Gasteiger charge is -2.27.